The molecule has 2 amide bonds. The predicted octanol–water partition coefficient (Wildman–Crippen LogP) is 2.36. The Morgan fingerprint density at radius 1 is 1.39 bits per heavy atom. The van der Waals surface area contributed by atoms with Crippen molar-refractivity contribution in [3.8, 4) is 0 Å². The Morgan fingerprint density at radius 2 is 2.11 bits per heavy atom. The van der Waals surface area contributed by atoms with Gasteiger partial charge in [-0.2, -0.15) is 0 Å². The molecule has 18 heavy (non-hydrogen) atoms. The standard InChI is InChI=1S/C14H21N3O/c1-2-3-10-16-13(18)17-14(8-9-14)11-6-4-5-7-12(11)15/h4-7H,2-3,8-10,15H2,1H3,(H2,16,17,18). The van der Waals surface area contributed by atoms with Crippen LogP contribution in [0.15, 0.2) is 24.3 Å². The average molecular weight is 247 g/mol. The van der Waals surface area contributed by atoms with Crippen molar-refractivity contribution in [2.75, 3.05) is 12.3 Å². The fourth-order valence-electron chi connectivity index (χ4n) is 2.16. The molecule has 0 aromatic heterocycles. The van der Waals surface area contributed by atoms with Gasteiger partial charge in [-0.3, -0.25) is 0 Å². The van der Waals surface area contributed by atoms with Gasteiger partial charge >= 0.3 is 6.03 Å². The van der Waals surface area contributed by atoms with E-state index < -0.39 is 0 Å². The van der Waals surface area contributed by atoms with E-state index in [4.69, 9.17) is 5.73 Å². The lowest BCUT2D eigenvalue weighted by atomic mass is 10.0. The minimum Gasteiger partial charge on any atom is -0.398 e. The van der Waals surface area contributed by atoms with Gasteiger partial charge < -0.3 is 16.4 Å². The first-order chi connectivity index (χ1) is 8.68. The lowest BCUT2D eigenvalue weighted by molar-refractivity contribution is 0.235. The molecule has 0 spiro atoms. The molecular weight excluding hydrogens is 226 g/mol. The van der Waals surface area contributed by atoms with Crippen molar-refractivity contribution in [2.24, 2.45) is 0 Å². The summed E-state index contributed by atoms with van der Waals surface area (Å²) in [5.74, 6) is 0. The van der Waals surface area contributed by atoms with Gasteiger partial charge in [-0.05, 0) is 25.3 Å². The molecule has 1 fully saturated rings. The van der Waals surface area contributed by atoms with E-state index in [1.165, 1.54) is 0 Å². The van der Waals surface area contributed by atoms with Crippen molar-refractivity contribution >= 4 is 11.7 Å². The van der Waals surface area contributed by atoms with E-state index >= 15 is 0 Å². The molecule has 1 aromatic rings. The van der Waals surface area contributed by atoms with Crippen LogP contribution in [-0.2, 0) is 5.54 Å². The first-order valence-electron chi connectivity index (χ1n) is 6.59. The zero-order chi connectivity index (χ0) is 13.0. The van der Waals surface area contributed by atoms with Gasteiger partial charge in [0.05, 0.1) is 5.54 Å². The number of nitrogen functional groups attached to an aromatic ring is 1. The summed E-state index contributed by atoms with van der Waals surface area (Å²) in [5, 5.41) is 5.93. The molecule has 1 aromatic carbocycles. The molecule has 1 saturated carbocycles. The molecule has 2 rings (SSSR count). The van der Waals surface area contributed by atoms with Crippen molar-refractivity contribution in [3.63, 3.8) is 0 Å². The van der Waals surface area contributed by atoms with Crippen LogP contribution in [0.4, 0.5) is 10.5 Å². The Bertz CT molecular complexity index is 427. The second-order valence-electron chi connectivity index (χ2n) is 4.90. The van der Waals surface area contributed by atoms with E-state index in [9.17, 15) is 4.79 Å². The van der Waals surface area contributed by atoms with E-state index in [-0.39, 0.29) is 11.6 Å². The van der Waals surface area contributed by atoms with Gasteiger partial charge in [-0.1, -0.05) is 31.5 Å². The molecule has 0 atom stereocenters. The molecule has 1 aliphatic carbocycles. The molecule has 98 valence electrons. The van der Waals surface area contributed by atoms with Gasteiger partial charge in [0, 0.05) is 17.8 Å². The van der Waals surface area contributed by atoms with Crippen molar-refractivity contribution in [2.45, 2.75) is 38.1 Å². The number of anilines is 1. The summed E-state index contributed by atoms with van der Waals surface area (Å²) in [4.78, 5) is 11.8. The molecule has 0 heterocycles. The van der Waals surface area contributed by atoms with Gasteiger partial charge in [-0.25, -0.2) is 4.79 Å². The topological polar surface area (TPSA) is 67.2 Å². The monoisotopic (exact) mass is 247 g/mol. The Hall–Kier alpha value is -1.71. The fraction of sp³-hybridized carbons (Fsp3) is 0.500. The summed E-state index contributed by atoms with van der Waals surface area (Å²) in [5.41, 5.74) is 7.53. The van der Waals surface area contributed by atoms with E-state index in [1.807, 2.05) is 24.3 Å². The highest BCUT2D eigenvalue weighted by atomic mass is 16.2. The maximum Gasteiger partial charge on any atom is 0.315 e. The quantitative estimate of drug-likeness (QED) is 0.552. The Morgan fingerprint density at radius 3 is 2.72 bits per heavy atom. The number of rotatable bonds is 5. The van der Waals surface area contributed by atoms with E-state index in [0.717, 1.165) is 43.5 Å². The molecule has 0 aliphatic heterocycles. The molecule has 0 radical (unpaired) electrons. The van der Waals surface area contributed by atoms with Gasteiger partial charge in [0.25, 0.3) is 0 Å². The molecule has 4 nitrogen and oxygen atoms in total. The summed E-state index contributed by atoms with van der Waals surface area (Å²) < 4.78 is 0. The number of hydrogen-bond acceptors (Lipinski definition) is 2. The molecule has 0 saturated heterocycles. The summed E-state index contributed by atoms with van der Waals surface area (Å²) in [6.45, 7) is 2.83. The minimum absolute atomic E-state index is 0.0933. The normalized spacial score (nSPS) is 16.1. The number of amides is 2. The third-order valence-corrected chi connectivity index (χ3v) is 3.40. The highest BCUT2D eigenvalue weighted by Crippen LogP contribution is 2.47. The smallest absolute Gasteiger partial charge is 0.315 e. The predicted molar refractivity (Wildman–Crippen MR) is 73.2 cm³/mol. The van der Waals surface area contributed by atoms with E-state index in [0.29, 0.717) is 0 Å². The fourth-order valence-corrected chi connectivity index (χ4v) is 2.16. The number of nitrogens with one attached hydrogen (secondary N) is 2. The Labute approximate surface area is 108 Å². The van der Waals surface area contributed by atoms with Crippen LogP contribution in [0.2, 0.25) is 0 Å². The largest absolute Gasteiger partial charge is 0.398 e. The van der Waals surface area contributed by atoms with Crippen LogP contribution < -0.4 is 16.4 Å². The SMILES string of the molecule is CCCCNC(=O)NC1(c2ccccc2N)CC1. The second-order valence-corrected chi connectivity index (χ2v) is 4.90. The van der Waals surface area contributed by atoms with Crippen molar-refractivity contribution in [1.82, 2.24) is 10.6 Å². The summed E-state index contributed by atoms with van der Waals surface area (Å²) in [6, 6.07) is 7.66. The maximum absolute atomic E-state index is 11.8. The molecule has 4 N–H and O–H groups in total. The van der Waals surface area contributed by atoms with Gasteiger partial charge in [0.15, 0.2) is 0 Å². The highest BCUT2D eigenvalue weighted by Gasteiger charge is 2.46. The van der Waals surface area contributed by atoms with E-state index in [2.05, 4.69) is 17.6 Å². The third kappa shape index (κ3) is 2.75. The van der Waals surface area contributed by atoms with Crippen molar-refractivity contribution in [3.05, 3.63) is 29.8 Å². The second kappa shape index (κ2) is 5.29. The van der Waals surface area contributed by atoms with Crippen LogP contribution >= 0.6 is 0 Å². The van der Waals surface area contributed by atoms with Crippen LogP contribution in [0, 0.1) is 0 Å². The molecule has 0 unspecified atom stereocenters. The summed E-state index contributed by atoms with van der Waals surface area (Å²) in [7, 11) is 0. The number of nitrogens with two attached hydrogens (primary N) is 1. The lowest BCUT2D eigenvalue weighted by Crippen LogP contribution is -2.42. The first kappa shape index (κ1) is 12.7. The summed E-state index contributed by atoms with van der Waals surface area (Å²) >= 11 is 0. The highest BCUT2D eigenvalue weighted by molar-refractivity contribution is 5.76. The van der Waals surface area contributed by atoms with Crippen molar-refractivity contribution < 1.29 is 4.79 Å². The van der Waals surface area contributed by atoms with Gasteiger partial charge in [0.2, 0.25) is 0 Å². The van der Waals surface area contributed by atoms with Crippen molar-refractivity contribution in [1.29, 1.82) is 0 Å². The zero-order valence-electron chi connectivity index (χ0n) is 10.8. The number of unbranched alkanes of at least 4 members (excludes halogenated alkanes) is 1. The molecule has 0 bridgehead atoms. The number of carbonyl (C=O) groups excluding carboxylic acids is 1. The maximum atomic E-state index is 11.8. The number of para-hydroxylation sites is 1. The minimum atomic E-state index is -0.234. The van der Waals surface area contributed by atoms with Crippen LogP contribution in [0.25, 0.3) is 0 Å². The van der Waals surface area contributed by atoms with Crippen LogP contribution in [0.5, 0.6) is 0 Å². The number of hydrogen-bond donors (Lipinski definition) is 3. The van der Waals surface area contributed by atoms with Gasteiger partial charge in [-0.15, -0.1) is 0 Å². The Kier molecular flexibility index (Phi) is 3.75. The lowest BCUT2D eigenvalue weighted by Gasteiger charge is -2.20. The zero-order valence-corrected chi connectivity index (χ0v) is 10.8. The summed E-state index contributed by atoms with van der Waals surface area (Å²) in [6.07, 6.45) is 4.01. The van der Waals surface area contributed by atoms with Crippen LogP contribution in [-0.4, -0.2) is 12.6 Å². The average Bonchev–Trinajstić information content (AvgIpc) is 3.10. The van der Waals surface area contributed by atoms with Crippen LogP contribution in [0.1, 0.15) is 38.2 Å². The van der Waals surface area contributed by atoms with Gasteiger partial charge in [0.1, 0.15) is 0 Å². The molecule has 4 heteroatoms. The Balaban J connectivity index is 1.96. The molecule has 1 aliphatic rings. The third-order valence-electron chi connectivity index (χ3n) is 3.40. The van der Waals surface area contributed by atoms with Crippen LogP contribution in [0.3, 0.4) is 0 Å². The number of urea groups is 1. The molecular formula is C14H21N3O. The first-order valence-corrected chi connectivity index (χ1v) is 6.59. The number of carbonyl (C=O) groups is 1. The number of benzene rings is 1. The van der Waals surface area contributed by atoms with E-state index in [1.54, 1.807) is 0 Å².